The molecule has 0 atom stereocenters. The van der Waals surface area contributed by atoms with Gasteiger partial charge in [-0.15, -0.1) is 9.79 Å². The quantitative estimate of drug-likeness (QED) is 0.463. The zero-order valence-electron chi connectivity index (χ0n) is 14.2. The minimum atomic E-state index is -4.04. The second-order valence-corrected chi connectivity index (χ2v) is 9.70. The lowest BCUT2D eigenvalue weighted by atomic mass is 10.1. The van der Waals surface area contributed by atoms with E-state index in [2.05, 4.69) is 0 Å². The van der Waals surface area contributed by atoms with Crippen LogP contribution in [0.2, 0.25) is 0 Å². The summed E-state index contributed by atoms with van der Waals surface area (Å²) in [7, 11) is -6.91. The van der Waals surface area contributed by atoms with E-state index in [9.17, 15) is 14.2 Å². The first kappa shape index (κ1) is 25.4. The topological polar surface area (TPSA) is 149 Å². The number of carbonyl (C=O) groups excluding carboxylic acids is 2. The lowest BCUT2D eigenvalue weighted by Crippen LogP contribution is -1.98. The van der Waals surface area contributed by atoms with Gasteiger partial charge in [0.15, 0.2) is 10.2 Å². The summed E-state index contributed by atoms with van der Waals surface area (Å²) in [5.74, 6) is 1.02. The number of hydrogen-bond donors (Lipinski definition) is 4. The number of carbonyl (C=O) groups is 2. The normalized spacial score (nSPS) is 10.7. The van der Waals surface area contributed by atoms with Gasteiger partial charge >= 0.3 is 15.9 Å². The molecule has 0 aromatic heterocycles. The molecule has 0 saturated heterocycles. The van der Waals surface area contributed by atoms with Crippen LogP contribution in [-0.4, -0.2) is 36.0 Å². The van der Waals surface area contributed by atoms with Crippen molar-refractivity contribution in [2.75, 3.05) is 6.16 Å². The third kappa shape index (κ3) is 15.7. The molecule has 146 valence electrons. The van der Waals surface area contributed by atoms with Crippen molar-refractivity contribution < 1.29 is 38.3 Å². The molecule has 12 heteroatoms. The lowest BCUT2D eigenvalue weighted by molar-refractivity contribution is -0.109. The molecule has 0 radical (unpaired) electrons. The van der Waals surface area contributed by atoms with Gasteiger partial charge in [0.25, 0.3) is 0 Å². The Labute approximate surface area is 160 Å². The maximum Gasteiger partial charge on any atom is 0.692 e. The summed E-state index contributed by atoms with van der Waals surface area (Å²) in [6.45, 7) is 2.99. The van der Waals surface area contributed by atoms with E-state index in [0.29, 0.717) is 11.5 Å². The third-order valence-corrected chi connectivity index (χ3v) is 5.26. The van der Waals surface area contributed by atoms with Gasteiger partial charge in [0.05, 0.1) is 6.16 Å². The molecular weight excluding hydrogens is 422 g/mol. The number of rotatable bonds is 7. The first-order valence-corrected chi connectivity index (χ1v) is 12.1. The Morgan fingerprint density at radius 2 is 1.31 bits per heavy atom. The number of hydrogen-bond acceptors (Lipinski definition) is 6. The van der Waals surface area contributed by atoms with Crippen molar-refractivity contribution in [1.82, 2.24) is 0 Å². The molecule has 0 bridgehead atoms. The Balaban J connectivity index is 0.00000141. The highest BCUT2D eigenvalue weighted by atomic mass is 32.2. The average Bonchev–Trinajstić information content (AvgIpc) is 2.47. The standard InChI is InChI=1S/C14H19O5PS2.HO3P/c1-10(15)21-8-13-5-12(3-4-20(17,18)19)6-14(7-13)9-22-11(2)16;1-4(2)3/h5-7H,3-4,8-9H2,1-2H3,(H2,17,18,19);(H-,1,2,3)/p+1. The van der Waals surface area contributed by atoms with Crippen molar-refractivity contribution >= 4 is 49.6 Å². The highest BCUT2D eigenvalue weighted by Gasteiger charge is 2.13. The first-order chi connectivity index (χ1) is 11.9. The molecule has 0 fully saturated rings. The van der Waals surface area contributed by atoms with Gasteiger partial charge in [-0.3, -0.25) is 14.2 Å². The second kappa shape index (κ2) is 12.8. The summed E-state index contributed by atoms with van der Waals surface area (Å²) in [5.41, 5.74) is 2.65. The summed E-state index contributed by atoms with van der Waals surface area (Å²) < 4.78 is 19.7. The summed E-state index contributed by atoms with van der Waals surface area (Å²) in [6.07, 6.45) is 0.0518. The molecule has 0 unspecified atom stereocenters. The van der Waals surface area contributed by atoms with Crippen LogP contribution >= 0.6 is 39.4 Å². The highest BCUT2D eigenvalue weighted by molar-refractivity contribution is 8.13. The Morgan fingerprint density at radius 3 is 1.62 bits per heavy atom. The van der Waals surface area contributed by atoms with Gasteiger partial charge in [-0.05, 0) is 23.1 Å². The van der Waals surface area contributed by atoms with Crippen molar-refractivity contribution in [2.45, 2.75) is 31.8 Å². The van der Waals surface area contributed by atoms with Gasteiger partial charge in [-0.1, -0.05) is 41.7 Å². The fraction of sp³-hybridized carbons (Fsp3) is 0.429. The Kier molecular flexibility index (Phi) is 12.5. The predicted molar refractivity (Wildman–Crippen MR) is 103 cm³/mol. The van der Waals surface area contributed by atoms with E-state index in [4.69, 9.17) is 24.1 Å². The van der Waals surface area contributed by atoms with Gasteiger partial charge in [-0.2, -0.15) is 0 Å². The Bertz CT molecular complexity index is 649. The minimum absolute atomic E-state index is 0.0141. The monoisotopic (exact) mass is 443 g/mol. The van der Waals surface area contributed by atoms with Gasteiger partial charge in [0, 0.05) is 29.9 Å². The summed E-state index contributed by atoms with van der Waals surface area (Å²) >= 11 is 2.37. The molecule has 1 aromatic rings. The number of benzene rings is 1. The van der Waals surface area contributed by atoms with Gasteiger partial charge in [0.1, 0.15) is 0 Å². The minimum Gasteiger partial charge on any atom is -0.324 e. The molecule has 26 heavy (non-hydrogen) atoms. The molecule has 0 aliphatic carbocycles. The highest BCUT2D eigenvalue weighted by Crippen LogP contribution is 2.35. The zero-order valence-corrected chi connectivity index (χ0v) is 17.6. The Hall–Kier alpha value is -0.570. The fourth-order valence-corrected chi connectivity index (χ4v) is 3.42. The number of aryl methyl sites for hydroxylation is 1. The van der Waals surface area contributed by atoms with Crippen LogP contribution in [0.25, 0.3) is 0 Å². The fourth-order valence-electron chi connectivity index (χ4n) is 1.80. The van der Waals surface area contributed by atoms with Crippen LogP contribution in [0.5, 0.6) is 0 Å². The smallest absolute Gasteiger partial charge is 0.324 e. The summed E-state index contributed by atoms with van der Waals surface area (Å²) in [6, 6.07) is 5.63. The van der Waals surface area contributed by atoms with Crippen LogP contribution in [0, 0.1) is 0 Å². The SMILES string of the molecule is CC(=O)SCc1cc(CCP(=O)(O)O)cc(CSC(C)=O)c1.O=[P+](O)O. The molecule has 0 aliphatic rings. The van der Waals surface area contributed by atoms with E-state index in [0.717, 1.165) is 16.7 Å². The van der Waals surface area contributed by atoms with E-state index in [1.54, 1.807) is 0 Å². The lowest BCUT2D eigenvalue weighted by Gasteiger charge is -2.10. The molecule has 4 N–H and O–H groups in total. The van der Waals surface area contributed by atoms with Crippen LogP contribution in [-0.2, 0) is 36.6 Å². The summed E-state index contributed by atoms with van der Waals surface area (Å²) in [4.78, 5) is 54.3. The molecule has 0 aliphatic heterocycles. The largest absolute Gasteiger partial charge is 0.692 e. The second-order valence-electron chi connectivity index (χ2n) is 5.11. The molecule has 0 saturated carbocycles. The van der Waals surface area contributed by atoms with Crippen LogP contribution in [0.4, 0.5) is 0 Å². The first-order valence-electron chi connectivity index (χ1n) is 7.17. The summed E-state index contributed by atoms with van der Waals surface area (Å²) in [5, 5.41) is 0.0283. The molecule has 8 nitrogen and oxygen atoms in total. The zero-order chi connectivity index (χ0) is 20.3. The van der Waals surface area contributed by atoms with Gasteiger partial charge in [0.2, 0.25) is 0 Å². The molecule has 0 amide bonds. The van der Waals surface area contributed by atoms with Crippen molar-refractivity contribution in [3.8, 4) is 0 Å². The molecule has 0 spiro atoms. The van der Waals surface area contributed by atoms with E-state index in [1.807, 2.05) is 18.2 Å². The number of thioether (sulfide) groups is 2. The van der Waals surface area contributed by atoms with Crippen LogP contribution in [0.3, 0.4) is 0 Å². The maximum absolute atomic E-state index is 11.1. The molecule has 0 heterocycles. The molecule has 1 rings (SSSR count). The van der Waals surface area contributed by atoms with Crippen molar-refractivity contribution in [3.05, 3.63) is 34.9 Å². The van der Waals surface area contributed by atoms with Crippen LogP contribution < -0.4 is 0 Å². The van der Waals surface area contributed by atoms with Crippen LogP contribution in [0.15, 0.2) is 18.2 Å². The van der Waals surface area contributed by atoms with Gasteiger partial charge < -0.3 is 9.79 Å². The van der Waals surface area contributed by atoms with E-state index in [1.165, 1.54) is 37.4 Å². The predicted octanol–water partition coefficient (Wildman–Crippen LogP) is 2.59. The van der Waals surface area contributed by atoms with Crippen LogP contribution in [0.1, 0.15) is 30.5 Å². The van der Waals surface area contributed by atoms with E-state index >= 15 is 0 Å². The van der Waals surface area contributed by atoms with E-state index in [-0.39, 0.29) is 22.8 Å². The van der Waals surface area contributed by atoms with Crippen molar-refractivity contribution in [1.29, 1.82) is 0 Å². The van der Waals surface area contributed by atoms with Gasteiger partial charge in [-0.25, -0.2) is 0 Å². The van der Waals surface area contributed by atoms with Crippen molar-refractivity contribution in [3.63, 3.8) is 0 Å². The van der Waals surface area contributed by atoms with E-state index < -0.39 is 15.9 Å². The Morgan fingerprint density at radius 1 is 0.962 bits per heavy atom. The molecular formula is C14H21O8P2S2+. The maximum atomic E-state index is 11.1. The third-order valence-electron chi connectivity index (χ3n) is 2.69. The van der Waals surface area contributed by atoms with Crippen molar-refractivity contribution in [2.24, 2.45) is 0 Å². The molecule has 1 aromatic carbocycles. The average molecular weight is 443 g/mol.